The Kier molecular flexibility index (Phi) is 6.49. The summed E-state index contributed by atoms with van der Waals surface area (Å²) < 4.78 is 0. The number of hydrogen-bond acceptors (Lipinski definition) is 5. The maximum Gasteiger partial charge on any atom is 0.229 e. The summed E-state index contributed by atoms with van der Waals surface area (Å²) in [6, 6.07) is 13.4. The Balaban J connectivity index is 1.30. The first-order valence-electron chi connectivity index (χ1n) is 10.2. The fraction of sp³-hybridized carbons (Fsp3) is 0.304. The third-order valence-corrected chi connectivity index (χ3v) is 5.93. The zero-order chi connectivity index (χ0) is 20.8. The third kappa shape index (κ3) is 5.10. The molecule has 0 bridgehead atoms. The highest BCUT2D eigenvalue weighted by molar-refractivity contribution is 7.07. The van der Waals surface area contributed by atoms with Gasteiger partial charge in [-0.1, -0.05) is 18.2 Å². The first-order chi connectivity index (χ1) is 14.7. The summed E-state index contributed by atoms with van der Waals surface area (Å²) >= 11 is 1.56. The molecule has 0 spiro atoms. The lowest BCUT2D eigenvalue weighted by Crippen LogP contribution is -2.43. The molecule has 1 aromatic carbocycles. The molecule has 2 aromatic heterocycles. The quantitative estimate of drug-likeness (QED) is 0.654. The van der Waals surface area contributed by atoms with E-state index in [0.29, 0.717) is 25.9 Å². The number of piperidine rings is 1. The van der Waals surface area contributed by atoms with Crippen molar-refractivity contribution in [3.05, 3.63) is 65.2 Å². The molecule has 0 saturated carbocycles. The molecular formula is C23H24N4O2S. The predicted molar refractivity (Wildman–Crippen MR) is 118 cm³/mol. The van der Waals surface area contributed by atoms with Gasteiger partial charge in [-0.2, -0.15) is 0 Å². The largest absolute Gasteiger partial charge is 0.342 e. The van der Waals surface area contributed by atoms with Crippen LogP contribution in [0.25, 0.3) is 11.3 Å². The van der Waals surface area contributed by atoms with Crippen LogP contribution in [0.5, 0.6) is 0 Å². The van der Waals surface area contributed by atoms with Crippen LogP contribution in [0.1, 0.15) is 25.0 Å². The van der Waals surface area contributed by atoms with Crippen molar-refractivity contribution in [3.8, 4) is 11.3 Å². The number of hydrogen-bond donors (Lipinski definition) is 1. The molecule has 1 saturated heterocycles. The number of rotatable bonds is 6. The van der Waals surface area contributed by atoms with Gasteiger partial charge in [0.05, 0.1) is 17.1 Å². The summed E-state index contributed by atoms with van der Waals surface area (Å²) in [6.45, 7) is 1.19. The molecular weight excluding hydrogens is 396 g/mol. The van der Waals surface area contributed by atoms with Gasteiger partial charge in [0.1, 0.15) is 0 Å². The van der Waals surface area contributed by atoms with E-state index in [4.69, 9.17) is 0 Å². The number of carbonyl (C=O) groups excluding carboxylic acids is 2. The first kappa shape index (κ1) is 20.2. The van der Waals surface area contributed by atoms with Gasteiger partial charge < -0.3 is 10.2 Å². The van der Waals surface area contributed by atoms with Crippen LogP contribution in [0.4, 0.5) is 5.69 Å². The smallest absolute Gasteiger partial charge is 0.229 e. The maximum atomic E-state index is 12.8. The summed E-state index contributed by atoms with van der Waals surface area (Å²) in [7, 11) is 0. The Bertz CT molecular complexity index is 974. The van der Waals surface area contributed by atoms with Gasteiger partial charge in [0.25, 0.3) is 0 Å². The van der Waals surface area contributed by atoms with Gasteiger partial charge in [-0.05, 0) is 43.5 Å². The molecule has 1 fully saturated rings. The highest BCUT2D eigenvalue weighted by Crippen LogP contribution is 2.23. The fourth-order valence-electron chi connectivity index (χ4n) is 3.68. The van der Waals surface area contributed by atoms with Crippen molar-refractivity contribution in [2.24, 2.45) is 5.92 Å². The number of nitrogens with zero attached hydrogens (tertiary/aromatic N) is 3. The highest BCUT2D eigenvalue weighted by atomic mass is 32.1. The van der Waals surface area contributed by atoms with E-state index in [1.807, 2.05) is 52.7 Å². The highest BCUT2D eigenvalue weighted by Gasteiger charge is 2.28. The predicted octanol–water partition coefficient (Wildman–Crippen LogP) is 4.02. The van der Waals surface area contributed by atoms with E-state index >= 15 is 0 Å². The lowest BCUT2D eigenvalue weighted by Gasteiger charge is -2.32. The number of aromatic nitrogens is 2. The summed E-state index contributed by atoms with van der Waals surface area (Å²) in [5.41, 5.74) is 5.44. The van der Waals surface area contributed by atoms with Crippen molar-refractivity contribution in [1.82, 2.24) is 14.9 Å². The van der Waals surface area contributed by atoms with Gasteiger partial charge in [-0.15, -0.1) is 11.3 Å². The van der Waals surface area contributed by atoms with Crippen LogP contribution in [0.15, 0.2) is 59.6 Å². The zero-order valence-electron chi connectivity index (χ0n) is 16.7. The van der Waals surface area contributed by atoms with Crippen LogP contribution in [0.2, 0.25) is 0 Å². The summed E-state index contributed by atoms with van der Waals surface area (Å²) in [6.07, 6.45) is 4.43. The second kappa shape index (κ2) is 9.63. The molecule has 3 aromatic rings. The number of anilines is 1. The summed E-state index contributed by atoms with van der Waals surface area (Å²) in [5.74, 6) is -0.125. The average molecular weight is 421 g/mol. The van der Waals surface area contributed by atoms with Crippen LogP contribution < -0.4 is 5.32 Å². The minimum Gasteiger partial charge on any atom is -0.342 e. The third-order valence-electron chi connectivity index (χ3n) is 5.35. The van der Waals surface area contributed by atoms with E-state index in [2.05, 4.69) is 15.3 Å². The molecule has 2 amide bonds. The second-order valence-electron chi connectivity index (χ2n) is 7.44. The molecule has 1 atom stereocenters. The molecule has 4 rings (SSSR count). The van der Waals surface area contributed by atoms with Gasteiger partial charge in [0, 0.05) is 48.0 Å². The van der Waals surface area contributed by atoms with E-state index in [9.17, 15) is 9.59 Å². The Labute approximate surface area is 180 Å². The Hall–Kier alpha value is -3.06. The minimum atomic E-state index is -0.184. The molecule has 6 nitrogen and oxygen atoms in total. The number of likely N-dealkylation sites (tertiary alicyclic amines) is 1. The molecule has 1 aliphatic heterocycles. The van der Waals surface area contributed by atoms with Crippen molar-refractivity contribution < 1.29 is 9.59 Å². The van der Waals surface area contributed by atoms with Gasteiger partial charge in [-0.25, -0.2) is 4.98 Å². The van der Waals surface area contributed by atoms with Gasteiger partial charge in [-0.3, -0.25) is 14.6 Å². The maximum absolute atomic E-state index is 12.8. The number of nitrogens with one attached hydrogen (secondary N) is 1. The van der Waals surface area contributed by atoms with Crippen molar-refractivity contribution in [3.63, 3.8) is 0 Å². The molecule has 1 aliphatic rings. The number of carbonyl (C=O) groups is 2. The van der Waals surface area contributed by atoms with Crippen molar-refractivity contribution >= 4 is 28.8 Å². The Morgan fingerprint density at radius 2 is 2.00 bits per heavy atom. The number of amides is 2. The Morgan fingerprint density at radius 3 is 2.73 bits per heavy atom. The SMILES string of the molecule is O=C(Nc1ccc(-c2cscn2)cc1)C1CCCN(C(=O)CCc2ccccn2)C1. The van der Waals surface area contributed by atoms with Gasteiger partial charge in [0.2, 0.25) is 11.8 Å². The number of thiazole rings is 1. The van der Waals surface area contributed by atoms with E-state index < -0.39 is 0 Å². The van der Waals surface area contributed by atoms with E-state index in [1.165, 1.54) is 0 Å². The lowest BCUT2D eigenvalue weighted by molar-refractivity contribution is -0.134. The van der Waals surface area contributed by atoms with Crippen molar-refractivity contribution in [2.45, 2.75) is 25.7 Å². The molecule has 154 valence electrons. The van der Waals surface area contributed by atoms with Crippen molar-refractivity contribution in [1.29, 1.82) is 0 Å². The van der Waals surface area contributed by atoms with E-state index in [1.54, 1.807) is 23.0 Å². The number of pyridine rings is 1. The van der Waals surface area contributed by atoms with E-state index in [0.717, 1.165) is 35.5 Å². The van der Waals surface area contributed by atoms with Gasteiger partial charge in [0.15, 0.2) is 0 Å². The summed E-state index contributed by atoms with van der Waals surface area (Å²) in [5, 5.41) is 4.99. The molecule has 0 aliphatic carbocycles. The van der Waals surface area contributed by atoms with Crippen LogP contribution in [-0.4, -0.2) is 39.8 Å². The molecule has 3 heterocycles. The minimum absolute atomic E-state index is 0.0290. The topological polar surface area (TPSA) is 75.2 Å². The monoisotopic (exact) mass is 420 g/mol. The number of aryl methyl sites for hydroxylation is 1. The standard InChI is InChI=1S/C23H24N4O2S/c28-22(11-10-19-5-1-2-12-24-19)27-13-3-4-18(14-27)23(29)26-20-8-6-17(7-9-20)21-15-30-16-25-21/h1-2,5-9,12,15-16,18H,3-4,10-11,13-14H2,(H,26,29). The van der Waals surface area contributed by atoms with Crippen LogP contribution in [0.3, 0.4) is 0 Å². The summed E-state index contributed by atoms with van der Waals surface area (Å²) in [4.78, 5) is 35.8. The fourth-order valence-corrected chi connectivity index (χ4v) is 4.24. The lowest BCUT2D eigenvalue weighted by atomic mass is 9.96. The van der Waals surface area contributed by atoms with Crippen LogP contribution in [-0.2, 0) is 16.0 Å². The van der Waals surface area contributed by atoms with Gasteiger partial charge >= 0.3 is 0 Å². The van der Waals surface area contributed by atoms with Crippen LogP contribution in [0, 0.1) is 5.92 Å². The first-order valence-corrected chi connectivity index (χ1v) is 11.1. The average Bonchev–Trinajstić information content (AvgIpc) is 3.34. The molecule has 1 unspecified atom stereocenters. The molecule has 30 heavy (non-hydrogen) atoms. The molecule has 1 N–H and O–H groups in total. The molecule has 0 radical (unpaired) electrons. The molecule has 7 heteroatoms. The van der Waals surface area contributed by atoms with E-state index in [-0.39, 0.29) is 17.7 Å². The van der Waals surface area contributed by atoms with Crippen LogP contribution >= 0.6 is 11.3 Å². The second-order valence-corrected chi connectivity index (χ2v) is 8.16. The zero-order valence-corrected chi connectivity index (χ0v) is 17.5. The number of benzene rings is 1. The Morgan fingerprint density at radius 1 is 1.13 bits per heavy atom. The van der Waals surface area contributed by atoms with Crippen molar-refractivity contribution in [2.75, 3.05) is 18.4 Å². The normalized spacial score (nSPS) is 16.3.